The van der Waals surface area contributed by atoms with E-state index in [1.165, 1.54) is 6.21 Å². The Kier molecular flexibility index (Phi) is 5.70. The van der Waals surface area contributed by atoms with Crippen molar-refractivity contribution >= 4 is 44.0 Å². The molecule has 7 heteroatoms. The predicted molar refractivity (Wildman–Crippen MR) is 90.6 cm³/mol. The van der Waals surface area contributed by atoms with Crippen LogP contribution >= 0.6 is 31.9 Å². The predicted octanol–water partition coefficient (Wildman–Crippen LogP) is 3.10. The fourth-order valence-corrected chi connectivity index (χ4v) is 2.96. The number of aliphatic hydroxyl groups excluding tert-OH is 1. The highest BCUT2D eigenvalue weighted by Gasteiger charge is 2.16. The first-order chi connectivity index (χ1) is 10.5. The molecule has 1 unspecified atom stereocenters. The number of hydrogen-bond donors (Lipinski definition) is 3. The summed E-state index contributed by atoms with van der Waals surface area (Å²) in [4.78, 5) is 11.8. The van der Waals surface area contributed by atoms with E-state index in [1.54, 1.807) is 42.5 Å². The van der Waals surface area contributed by atoms with Gasteiger partial charge in [0.15, 0.2) is 6.10 Å². The molecular weight excluding hydrogens is 416 g/mol. The Morgan fingerprint density at radius 1 is 1.23 bits per heavy atom. The van der Waals surface area contributed by atoms with Crippen LogP contribution in [0, 0.1) is 0 Å². The molecule has 1 amide bonds. The van der Waals surface area contributed by atoms with Gasteiger partial charge in [-0.05, 0) is 33.6 Å². The second-order valence-electron chi connectivity index (χ2n) is 4.37. The molecule has 0 fully saturated rings. The first-order valence-corrected chi connectivity index (χ1v) is 7.81. The lowest BCUT2D eigenvalue weighted by Gasteiger charge is -2.08. The van der Waals surface area contributed by atoms with Crippen molar-refractivity contribution in [2.45, 2.75) is 6.10 Å². The summed E-state index contributed by atoms with van der Waals surface area (Å²) in [5.41, 5.74) is 3.12. The molecule has 1 atom stereocenters. The topological polar surface area (TPSA) is 81.9 Å². The fourth-order valence-electron chi connectivity index (χ4n) is 1.70. The second-order valence-corrected chi connectivity index (χ2v) is 6.14. The number of rotatable bonds is 4. The van der Waals surface area contributed by atoms with Crippen LogP contribution in [-0.4, -0.2) is 22.3 Å². The van der Waals surface area contributed by atoms with Gasteiger partial charge in [-0.2, -0.15) is 5.10 Å². The van der Waals surface area contributed by atoms with Gasteiger partial charge in [-0.25, -0.2) is 5.43 Å². The first-order valence-electron chi connectivity index (χ1n) is 6.23. The van der Waals surface area contributed by atoms with Gasteiger partial charge < -0.3 is 10.2 Å². The van der Waals surface area contributed by atoms with E-state index >= 15 is 0 Å². The van der Waals surface area contributed by atoms with Crippen LogP contribution in [0.3, 0.4) is 0 Å². The minimum atomic E-state index is -1.30. The van der Waals surface area contributed by atoms with Crippen LogP contribution in [-0.2, 0) is 4.79 Å². The van der Waals surface area contributed by atoms with Crippen molar-refractivity contribution in [3.8, 4) is 5.75 Å². The first kappa shape index (κ1) is 16.7. The van der Waals surface area contributed by atoms with Gasteiger partial charge in [-0.15, -0.1) is 0 Å². The number of nitrogens with zero attached hydrogens (tertiary/aromatic N) is 1. The molecule has 0 saturated heterocycles. The van der Waals surface area contributed by atoms with Gasteiger partial charge in [0.2, 0.25) is 0 Å². The number of amides is 1. The Labute approximate surface area is 143 Å². The molecule has 0 radical (unpaired) electrons. The molecule has 2 rings (SSSR count). The van der Waals surface area contributed by atoms with Crippen LogP contribution in [0.4, 0.5) is 0 Å². The largest absolute Gasteiger partial charge is 0.506 e. The van der Waals surface area contributed by atoms with Crippen LogP contribution < -0.4 is 5.43 Å². The van der Waals surface area contributed by atoms with Crippen LogP contribution in [0.5, 0.6) is 5.75 Å². The third-order valence-electron chi connectivity index (χ3n) is 2.80. The maximum Gasteiger partial charge on any atom is 0.273 e. The smallest absolute Gasteiger partial charge is 0.273 e. The molecular formula is C15H12Br2N2O3. The van der Waals surface area contributed by atoms with Gasteiger partial charge in [0.25, 0.3) is 5.91 Å². The molecule has 2 aromatic rings. The number of benzene rings is 2. The molecule has 3 N–H and O–H groups in total. The normalized spacial score (nSPS) is 12.3. The molecule has 5 nitrogen and oxygen atoms in total. The molecule has 0 spiro atoms. The number of aromatic hydroxyl groups is 1. The highest BCUT2D eigenvalue weighted by Crippen LogP contribution is 2.30. The summed E-state index contributed by atoms with van der Waals surface area (Å²) in [5, 5.41) is 23.5. The van der Waals surface area contributed by atoms with Gasteiger partial charge in [0.05, 0.1) is 10.7 Å². The van der Waals surface area contributed by atoms with E-state index in [2.05, 4.69) is 42.4 Å². The fraction of sp³-hybridized carbons (Fsp3) is 0.0667. The molecule has 0 heterocycles. The SMILES string of the molecule is O=C(N/N=C/c1cc(Br)cc(Br)c1O)C(O)c1ccccc1. The van der Waals surface area contributed by atoms with E-state index in [4.69, 9.17) is 0 Å². The number of carbonyl (C=O) groups excluding carboxylic acids is 1. The number of nitrogens with one attached hydrogen (secondary N) is 1. The standard InChI is InChI=1S/C15H12Br2N2O3/c16-11-6-10(13(20)12(17)7-11)8-18-19-15(22)14(21)9-4-2-1-3-5-9/h1-8,14,20-21H,(H,19,22)/b18-8+. The average Bonchev–Trinajstić information content (AvgIpc) is 2.51. The summed E-state index contributed by atoms with van der Waals surface area (Å²) in [6.45, 7) is 0. The number of halogens is 2. The van der Waals surface area contributed by atoms with Crippen molar-refractivity contribution in [3.63, 3.8) is 0 Å². The Morgan fingerprint density at radius 2 is 1.91 bits per heavy atom. The minimum Gasteiger partial charge on any atom is -0.506 e. The van der Waals surface area contributed by atoms with Gasteiger partial charge in [-0.1, -0.05) is 46.3 Å². The van der Waals surface area contributed by atoms with Crippen LogP contribution in [0.2, 0.25) is 0 Å². The molecule has 0 saturated carbocycles. The van der Waals surface area contributed by atoms with Crippen LogP contribution in [0.25, 0.3) is 0 Å². The maximum absolute atomic E-state index is 11.8. The summed E-state index contributed by atoms with van der Waals surface area (Å²) >= 11 is 6.49. The molecule has 22 heavy (non-hydrogen) atoms. The molecule has 2 aromatic carbocycles. The zero-order valence-corrected chi connectivity index (χ0v) is 14.4. The van der Waals surface area contributed by atoms with Crippen molar-refractivity contribution < 1.29 is 15.0 Å². The van der Waals surface area contributed by atoms with Gasteiger partial charge in [0.1, 0.15) is 5.75 Å². The Bertz CT molecular complexity index is 705. The third kappa shape index (κ3) is 4.16. The number of hydrazone groups is 1. The third-order valence-corrected chi connectivity index (χ3v) is 3.86. The van der Waals surface area contributed by atoms with Crippen LogP contribution in [0.15, 0.2) is 56.5 Å². The molecule has 0 aliphatic carbocycles. The van der Waals surface area contributed by atoms with E-state index in [1.807, 2.05) is 0 Å². The molecule has 0 aliphatic rings. The van der Waals surface area contributed by atoms with E-state index in [0.717, 1.165) is 4.47 Å². The van der Waals surface area contributed by atoms with Crippen molar-refractivity contribution in [1.82, 2.24) is 5.43 Å². The number of phenolic OH excluding ortho intramolecular Hbond substituents is 1. The second kappa shape index (κ2) is 7.53. The van der Waals surface area contributed by atoms with E-state index in [9.17, 15) is 15.0 Å². The van der Waals surface area contributed by atoms with Crippen molar-refractivity contribution in [2.75, 3.05) is 0 Å². The van der Waals surface area contributed by atoms with Crippen molar-refractivity contribution in [2.24, 2.45) is 5.10 Å². The van der Waals surface area contributed by atoms with E-state index in [0.29, 0.717) is 15.6 Å². The highest BCUT2D eigenvalue weighted by atomic mass is 79.9. The number of phenols is 1. The zero-order chi connectivity index (χ0) is 16.1. The Hall–Kier alpha value is -1.70. The molecule has 0 aliphatic heterocycles. The lowest BCUT2D eigenvalue weighted by Crippen LogP contribution is -2.25. The lowest BCUT2D eigenvalue weighted by atomic mass is 10.1. The summed E-state index contributed by atoms with van der Waals surface area (Å²) in [6.07, 6.45) is -0.0123. The summed E-state index contributed by atoms with van der Waals surface area (Å²) < 4.78 is 1.24. The van der Waals surface area contributed by atoms with Gasteiger partial charge in [-0.3, -0.25) is 4.79 Å². The Morgan fingerprint density at radius 3 is 2.59 bits per heavy atom. The summed E-state index contributed by atoms with van der Waals surface area (Å²) in [7, 11) is 0. The lowest BCUT2D eigenvalue weighted by molar-refractivity contribution is -0.129. The van der Waals surface area contributed by atoms with Gasteiger partial charge >= 0.3 is 0 Å². The number of aliphatic hydroxyl groups is 1. The monoisotopic (exact) mass is 426 g/mol. The molecule has 0 aromatic heterocycles. The molecule has 0 bridgehead atoms. The quantitative estimate of drug-likeness (QED) is 0.518. The summed E-state index contributed by atoms with van der Waals surface area (Å²) in [6, 6.07) is 11.9. The Balaban J connectivity index is 2.05. The van der Waals surface area contributed by atoms with Crippen LogP contribution in [0.1, 0.15) is 17.2 Å². The van der Waals surface area contributed by atoms with E-state index in [-0.39, 0.29) is 5.75 Å². The average molecular weight is 428 g/mol. The number of carbonyl (C=O) groups is 1. The number of hydrogen-bond acceptors (Lipinski definition) is 4. The minimum absolute atomic E-state index is 0.00445. The maximum atomic E-state index is 11.8. The highest BCUT2D eigenvalue weighted by molar-refractivity contribution is 9.11. The van der Waals surface area contributed by atoms with Gasteiger partial charge in [0, 0.05) is 10.0 Å². The zero-order valence-electron chi connectivity index (χ0n) is 11.2. The molecule has 114 valence electrons. The van der Waals surface area contributed by atoms with Crippen molar-refractivity contribution in [3.05, 3.63) is 62.5 Å². The summed E-state index contributed by atoms with van der Waals surface area (Å²) in [5.74, 6) is -0.652. The van der Waals surface area contributed by atoms with Crippen molar-refractivity contribution in [1.29, 1.82) is 0 Å². The van der Waals surface area contributed by atoms with E-state index < -0.39 is 12.0 Å².